The molecule has 0 aromatic heterocycles. The standard InChI is InChI=1S/C26H48Si3/c1-17-19(25(3,4)5)15-21(23(17)28(9,10)11)27-22-16-20(26(6,7)8)18(2)24(22)29(12,13)14/h15-16,27H2,1-14H3. The lowest BCUT2D eigenvalue weighted by Gasteiger charge is -2.25. The van der Waals surface area contributed by atoms with Gasteiger partial charge < -0.3 is 0 Å². The molecular formula is C26H48Si3. The third kappa shape index (κ3) is 5.10. The summed E-state index contributed by atoms with van der Waals surface area (Å²) in [6, 6.07) is 0. The quantitative estimate of drug-likeness (QED) is 0.386. The zero-order chi connectivity index (χ0) is 22.7. The molecule has 0 amide bonds. The van der Waals surface area contributed by atoms with Gasteiger partial charge in [-0.1, -0.05) is 124 Å². The zero-order valence-corrected chi connectivity index (χ0v) is 25.5. The second-order valence-electron chi connectivity index (χ2n) is 13.7. The van der Waals surface area contributed by atoms with Crippen LogP contribution >= 0.6 is 0 Å². The van der Waals surface area contributed by atoms with Crippen LogP contribution in [-0.4, -0.2) is 25.7 Å². The molecule has 0 aromatic carbocycles. The van der Waals surface area contributed by atoms with Gasteiger partial charge in [0.15, 0.2) is 0 Å². The van der Waals surface area contributed by atoms with E-state index in [9.17, 15) is 0 Å². The summed E-state index contributed by atoms with van der Waals surface area (Å²) < 4.78 is 0. The molecule has 2 aliphatic rings. The molecule has 0 aromatic rings. The van der Waals surface area contributed by atoms with Crippen molar-refractivity contribution in [3.8, 4) is 0 Å². The molecule has 0 N–H and O–H groups in total. The molecule has 0 fully saturated rings. The Hall–Kier alpha value is -0.389. The molecule has 0 unspecified atom stereocenters. The predicted molar refractivity (Wildman–Crippen MR) is 143 cm³/mol. The topological polar surface area (TPSA) is 0 Å². The first-order valence-electron chi connectivity index (χ1n) is 11.6. The lowest BCUT2D eigenvalue weighted by molar-refractivity contribution is 0.491. The largest absolute Gasteiger partial charge is 0.0794 e. The molecular weight excluding hydrogens is 397 g/mol. The summed E-state index contributed by atoms with van der Waals surface area (Å²) in [5.74, 6) is 0. The number of hydrogen-bond donors (Lipinski definition) is 0. The van der Waals surface area contributed by atoms with Gasteiger partial charge in [0.25, 0.3) is 0 Å². The molecule has 0 bridgehead atoms. The van der Waals surface area contributed by atoms with E-state index in [0.717, 1.165) is 0 Å². The Balaban J connectivity index is 2.57. The van der Waals surface area contributed by atoms with Gasteiger partial charge in [-0.05, 0) is 37.5 Å². The van der Waals surface area contributed by atoms with Crippen LogP contribution in [0.2, 0.25) is 39.3 Å². The van der Waals surface area contributed by atoms with Crippen LogP contribution in [0.5, 0.6) is 0 Å². The van der Waals surface area contributed by atoms with Crippen LogP contribution in [0.3, 0.4) is 0 Å². The number of allylic oxidation sites excluding steroid dienone is 8. The summed E-state index contributed by atoms with van der Waals surface area (Å²) in [5, 5.41) is 7.50. The average molecular weight is 445 g/mol. The van der Waals surface area contributed by atoms with Crippen LogP contribution in [0.4, 0.5) is 0 Å². The fourth-order valence-electron chi connectivity index (χ4n) is 6.10. The first kappa shape index (κ1) is 24.9. The smallest absolute Gasteiger partial charge is 0.0779 e. The normalized spacial score (nSPS) is 20.1. The predicted octanol–water partition coefficient (Wildman–Crippen LogP) is 7.95. The highest BCUT2D eigenvalue weighted by Crippen LogP contribution is 2.48. The summed E-state index contributed by atoms with van der Waals surface area (Å²) >= 11 is 0. The molecule has 2 rings (SSSR count). The van der Waals surface area contributed by atoms with Gasteiger partial charge in [-0.3, -0.25) is 0 Å². The maximum atomic E-state index is 2.57. The lowest BCUT2D eigenvalue weighted by atomic mass is 9.84. The van der Waals surface area contributed by atoms with Gasteiger partial charge in [0, 0.05) is 0 Å². The SMILES string of the molecule is CC1=C(C(C)(C)C)CC([SiH2]C2=C([Si](C)(C)C)C(C)=C(C(C)(C)C)C2)=C1[Si](C)(C)C. The molecule has 0 spiro atoms. The summed E-state index contributed by atoms with van der Waals surface area (Å²) in [6.45, 7) is 34.8. The Morgan fingerprint density at radius 1 is 0.586 bits per heavy atom. The fraction of sp³-hybridized carbons (Fsp3) is 0.692. The molecule has 3 heteroatoms. The molecule has 0 atom stereocenters. The van der Waals surface area contributed by atoms with Crippen molar-refractivity contribution in [3.05, 3.63) is 43.1 Å². The molecule has 0 aliphatic heterocycles. The Morgan fingerprint density at radius 3 is 1.07 bits per heavy atom. The van der Waals surface area contributed by atoms with E-state index in [1.54, 1.807) is 22.3 Å². The minimum absolute atomic E-state index is 0.293. The van der Waals surface area contributed by atoms with Gasteiger partial charge >= 0.3 is 0 Å². The minimum Gasteiger partial charge on any atom is -0.0794 e. The van der Waals surface area contributed by atoms with Crippen molar-refractivity contribution in [2.75, 3.05) is 0 Å². The van der Waals surface area contributed by atoms with Crippen LogP contribution in [0.15, 0.2) is 43.1 Å². The van der Waals surface area contributed by atoms with Crippen LogP contribution in [0.25, 0.3) is 0 Å². The molecule has 0 nitrogen and oxygen atoms in total. The van der Waals surface area contributed by atoms with Crippen molar-refractivity contribution in [2.24, 2.45) is 10.8 Å². The van der Waals surface area contributed by atoms with Gasteiger partial charge in [0.2, 0.25) is 0 Å². The van der Waals surface area contributed by atoms with Gasteiger partial charge in [-0.15, -0.1) is 0 Å². The summed E-state index contributed by atoms with van der Waals surface area (Å²) in [5.41, 5.74) is 7.39. The van der Waals surface area contributed by atoms with Crippen molar-refractivity contribution in [3.63, 3.8) is 0 Å². The van der Waals surface area contributed by atoms with E-state index in [1.165, 1.54) is 12.8 Å². The van der Waals surface area contributed by atoms with Crippen molar-refractivity contribution < 1.29 is 0 Å². The van der Waals surface area contributed by atoms with Crippen molar-refractivity contribution in [1.82, 2.24) is 0 Å². The van der Waals surface area contributed by atoms with Gasteiger partial charge in [-0.25, -0.2) is 0 Å². The Morgan fingerprint density at radius 2 is 0.862 bits per heavy atom. The third-order valence-corrected chi connectivity index (χ3v) is 14.1. The molecule has 29 heavy (non-hydrogen) atoms. The Labute approximate surface area is 186 Å². The van der Waals surface area contributed by atoms with E-state index in [0.29, 0.717) is 10.8 Å². The highest BCUT2D eigenvalue weighted by atomic mass is 28.3. The summed E-state index contributed by atoms with van der Waals surface area (Å²) in [6.07, 6.45) is 2.54. The number of rotatable bonds is 4. The lowest BCUT2D eigenvalue weighted by Crippen LogP contribution is -2.28. The second kappa shape index (κ2) is 7.63. The first-order valence-corrected chi connectivity index (χ1v) is 20.0. The van der Waals surface area contributed by atoms with E-state index < -0.39 is 16.1 Å². The van der Waals surface area contributed by atoms with Gasteiger partial charge in [0.05, 0.1) is 25.7 Å². The van der Waals surface area contributed by atoms with E-state index in [-0.39, 0.29) is 9.52 Å². The van der Waals surface area contributed by atoms with Crippen molar-refractivity contribution >= 4 is 25.7 Å². The van der Waals surface area contributed by atoms with Crippen LogP contribution in [0.1, 0.15) is 68.2 Å². The van der Waals surface area contributed by atoms with E-state index in [4.69, 9.17) is 0 Å². The average Bonchev–Trinajstić information content (AvgIpc) is 2.94. The molecule has 0 saturated heterocycles. The highest BCUT2D eigenvalue weighted by molar-refractivity contribution is 6.87. The van der Waals surface area contributed by atoms with Crippen LogP contribution in [0, 0.1) is 10.8 Å². The first-order chi connectivity index (χ1) is 12.8. The summed E-state index contributed by atoms with van der Waals surface area (Å²) in [7, 11) is -3.09. The van der Waals surface area contributed by atoms with E-state index in [1.807, 2.05) is 20.8 Å². The third-order valence-electron chi connectivity index (χ3n) is 6.88. The summed E-state index contributed by atoms with van der Waals surface area (Å²) in [4.78, 5) is 0. The van der Waals surface area contributed by atoms with Crippen LogP contribution < -0.4 is 0 Å². The minimum atomic E-state index is -1.35. The molecule has 0 radical (unpaired) electrons. The Kier molecular flexibility index (Phi) is 6.55. The van der Waals surface area contributed by atoms with Gasteiger partial charge in [0.1, 0.15) is 0 Å². The highest BCUT2D eigenvalue weighted by Gasteiger charge is 2.38. The van der Waals surface area contributed by atoms with E-state index >= 15 is 0 Å². The number of hydrogen-bond acceptors (Lipinski definition) is 0. The fourth-order valence-corrected chi connectivity index (χ4v) is 16.8. The molecule has 0 heterocycles. The molecule has 2 aliphatic carbocycles. The molecule has 0 saturated carbocycles. The Bertz CT molecular complexity index is 747. The van der Waals surface area contributed by atoms with Gasteiger partial charge in [-0.2, -0.15) is 0 Å². The zero-order valence-electron chi connectivity index (χ0n) is 22.1. The monoisotopic (exact) mass is 444 g/mol. The van der Waals surface area contributed by atoms with E-state index in [2.05, 4.69) is 94.7 Å². The van der Waals surface area contributed by atoms with Crippen molar-refractivity contribution in [2.45, 2.75) is 108 Å². The van der Waals surface area contributed by atoms with Crippen molar-refractivity contribution in [1.29, 1.82) is 0 Å². The maximum Gasteiger partial charge on any atom is 0.0779 e. The molecule has 164 valence electrons. The second-order valence-corrected chi connectivity index (χ2v) is 25.8. The van der Waals surface area contributed by atoms with Crippen LogP contribution in [-0.2, 0) is 0 Å². The maximum absolute atomic E-state index is 2.57.